The third-order valence-corrected chi connectivity index (χ3v) is 2.49. The summed E-state index contributed by atoms with van der Waals surface area (Å²) < 4.78 is 6.29. The average Bonchev–Trinajstić information content (AvgIpc) is 2.79. The molecule has 2 N–H and O–H groups in total. The van der Waals surface area contributed by atoms with E-state index in [0.717, 1.165) is 5.56 Å². The number of benzene rings is 1. The van der Waals surface area contributed by atoms with Crippen LogP contribution in [0.1, 0.15) is 15.9 Å². The Morgan fingerprint density at radius 1 is 1.35 bits per heavy atom. The summed E-state index contributed by atoms with van der Waals surface area (Å²) in [7, 11) is 1.56. The zero-order valence-electron chi connectivity index (χ0n) is 10.7. The first-order valence-electron chi connectivity index (χ1n) is 5.81. The summed E-state index contributed by atoms with van der Waals surface area (Å²) in [4.78, 5) is 22.5. The van der Waals surface area contributed by atoms with Gasteiger partial charge in [-0.2, -0.15) is 5.10 Å². The molecule has 0 aliphatic carbocycles. The summed E-state index contributed by atoms with van der Waals surface area (Å²) in [5.41, 5.74) is 0.742. The molecular formula is C13H13N3O4. The molecule has 104 valence electrons. The van der Waals surface area contributed by atoms with E-state index in [4.69, 9.17) is 9.84 Å². The van der Waals surface area contributed by atoms with Gasteiger partial charge in [-0.25, -0.2) is 9.59 Å². The van der Waals surface area contributed by atoms with Gasteiger partial charge in [0.1, 0.15) is 12.2 Å². The molecule has 7 heteroatoms. The largest absolute Gasteiger partial charge is 0.477 e. The van der Waals surface area contributed by atoms with Crippen LogP contribution in [0.3, 0.4) is 0 Å². The maximum Gasteiger partial charge on any atom is 0.413 e. The van der Waals surface area contributed by atoms with Gasteiger partial charge in [-0.3, -0.25) is 10.00 Å². The van der Waals surface area contributed by atoms with E-state index in [1.54, 1.807) is 7.05 Å². The Bertz CT molecular complexity index is 622. The number of carboxylic acids is 1. The van der Waals surface area contributed by atoms with Crippen molar-refractivity contribution in [2.45, 2.75) is 6.61 Å². The van der Waals surface area contributed by atoms with Gasteiger partial charge in [0.25, 0.3) is 0 Å². The van der Waals surface area contributed by atoms with E-state index in [2.05, 4.69) is 10.4 Å². The second kappa shape index (κ2) is 5.87. The van der Waals surface area contributed by atoms with E-state index < -0.39 is 12.1 Å². The topological polar surface area (TPSA) is 93.5 Å². The summed E-state index contributed by atoms with van der Waals surface area (Å²) in [6.45, 7) is 0.0991. The first-order chi connectivity index (χ1) is 9.56. The highest BCUT2D eigenvalue weighted by molar-refractivity contribution is 5.97. The van der Waals surface area contributed by atoms with Gasteiger partial charge in [0.2, 0.25) is 0 Å². The molecule has 0 fully saturated rings. The number of carbonyl (C=O) groups is 2. The molecule has 0 bridgehead atoms. The molecule has 0 unspecified atom stereocenters. The van der Waals surface area contributed by atoms with Crippen LogP contribution >= 0.6 is 0 Å². The zero-order valence-corrected chi connectivity index (χ0v) is 10.7. The first kappa shape index (κ1) is 13.6. The normalized spacial score (nSPS) is 10.1. The van der Waals surface area contributed by atoms with Crippen molar-refractivity contribution in [1.29, 1.82) is 0 Å². The Hall–Kier alpha value is -2.83. The maximum atomic E-state index is 11.6. The minimum Gasteiger partial charge on any atom is -0.477 e. The number of rotatable bonds is 4. The predicted molar refractivity (Wildman–Crippen MR) is 70.4 cm³/mol. The van der Waals surface area contributed by atoms with Gasteiger partial charge in [0, 0.05) is 13.2 Å². The van der Waals surface area contributed by atoms with Crippen LogP contribution in [0.5, 0.6) is 0 Å². The molecule has 0 radical (unpaired) electrons. The second-order valence-electron chi connectivity index (χ2n) is 4.06. The standard InChI is InChI=1S/C13H13N3O4/c1-16-7-10(12(17)18)11(15-16)14-13(19)20-8-9-5-3-2-4-6-9/h2-7H,8H2,1H3,(H,17,18)(H,14,15,19). The highest BCUT2D eigenvalue weighted by atomic mass is 16.5. The average molecular weight is 275 g/mol. The monoisotopic (exact) mass is 275 g/mol. The molecule has 0 saturated heterocycles. The smallest absolute Gasteiger partial charge is 0.413 e. The molecule has 0 aliphatic rings. The number of hydrogen-bond donors (Lipinski definition) is 2. The summed E-state index contributed by atoms with van der Waals surface area (Å²) in [6, 6.07) is 9.15. The molecule has 0 atom stereocenters. The van der Waals surface area contributed by atoms with Gasteiger partial charge in [-0.1, -0.05) is 30.3 Å². The Morgan fingerprint density at radius 3 is 2.70 bits per heavy atom. The van der Waals surface area contributed by atoms with E-state index in [1.165, 1.54) is 10.9 Å². The van der Waals surface area contributed by atoms with Gasteiger partial charge >= 0.3 is 12.1 Å². The fraction of sp³-hybridized carbons (Fsp3) is 0.154. The minimum absolute atomic E-state index is 0.0435. The van der Waals surface area contributed by atoms with Crippen LogP contribution < -0.4 is 5.32 Å². The molecule has 2 rings (SSSR count). The van der Waals surface area contributed by atoms with E-state index >= 15 is 0 Å². The molecule has 20 heavy (non-hydrogen) atoms. The van der Waals surface area contributed by atoms with Crippen molar-refractivity contribution in [3.63, 3.8) is 0 Å². The summed E-state index contributed by atoms with van der Waals surface area (Å²) in [5.74, 6) is -1.21. The number of anilines is 1. The fourth-order valence-electron chi connectivity index (χ4n) is 1.59. The molecule has 7 nitrogen and oxygen atoms in total. The highest BCUT2D eigenvalue weighted by Crippen LogP contribution is 2.13. The Morgan fingerprint density at radius 2 is 2.05 bits per heavy atom. The van der Waals surface area contributed by atoms with Crippen LogP contribution in [0, 0.1) is 0 Å². The summed E-state index contributed by atoms with van der Waals surface area (Å²) in [5, 5.41) is 15.1. The van der Waals surface area contributed by atoms with Crippen LogP contribution in [0.2, 0.25) is 0 Å². The minimum atomic E-state index is -1.17. The van der Waals surface area contributed by atoms with E-state index in [-0.39, 0.29) is 18.0 Å². The molecule has 0 spiro atoms. The van der Waals surface area contributed by atoms with Crippen molar-refractivity contribution in [3.8, 4) is 0 Å². The Balaban J connectivity index is 1.96. The van der Waals surface area contributed by atoms with Crippen molar-refractivity contribution < 1.29 is 19.4 Å². The summed E-state index contributed by atoms with van der Waals surface area (Å²) >= 11 is 0. The first-order valence-corrected chi connectivity index (χ1v) is 5.81. The maximum absolute atomic E-state index is 11.6. The third-order valence-electron chi connectivity index (χ3n) is 2.49. The Kier molecular flexibility index (Phi) is 3.99. The lowest BCUT2D eigenvalue weighted by Crippen LogP contribution is -2.16. The van der Waals surface area contributed by atoms with Crippen molar-refractivity contribution in [2.75, 3.05) is 5.32 Å². The number of carbonyl (C=O) groups excluding carboxylic acids is 1. The lowest BCUT2D eigenvalue weighted by Gasteiger charge is -2.05. The number of aryl methyl sites for hydroxylation is 1. The van der Waals surface area contributed by atoms with Gasteiger partial charge in [-0.15, -0.1) is 0 Å². The van der Waals surface area contributed by atoms with Gasteiger partial charge in [0.05, 0.1) is 0 Å². The van der Waals surface area contributed by atoms with E-state index in [0.29, 0.717) is 0 Å². The van der Waals surface area contributed by atoms with Crippen molar-refractivity contribution in [2.24, 2.45) is 7.05 Å². The van der Waals surface area contributed by atoms with Crippen LogP contribution in [0.15, 0.2) is 36.5 Å². The predicted octanol–water partition coefficient (Wildman–Crippen LogP) is 1.87. The number of amides is 1. The lowest BCUT2D eigenvalue weighted by molar-refractivity contribution is 0.0698. The molecule has 1 amide bonds. The van der Waals surface area contributed by atoms with E-state index in [9.17, 15) is 9.59 Å². The van der Waals surface area contributed by atoms with Gasteiger partial charge in [0.15, 0.2) is 5.82 Å². The van der Waals surface area contributed by atoms with Crippen LogP contribution in [-0.2, 0) is 18.4 Å². The molecule has 1 aromatic carbocycles. The molecule has 0 saturated carbocycles. The Labute approximate surface area is 114 Å². The number of ether oxygens (including phenoxy) is 1. The fourth-order valence-corrected chi connectivity index (χ4v) is 1.59. The van der Waals surface area contributed by atoms with Crippen molar-refractivity contribution >= 4 is 17.9 Å². The van der Waals surface area contributed by atoms with Crippen molar-refractivity contribution in [3.05, 3.63) is 47.7 Å². The molecule has 1 aromatic heterocycles. The van der Waals surface area contributed by atoms with Crippen LogP contribution in [0.25, 0.3) is 0 Å². The zero-order chi connectivity index (χ0) is 14.5. The third kappa shape index (κ3) is 3.35. The molecule has 2 aromatic rings. The summed E-state index contributed by atoms with van der Waals surface area (Å²) in [6.07, 6.45) is 0.546. The quantitative estimate of drug-likeness (QED) is 0.888. The molecule has 0 aliphatic heterocycles. The highest BCUT2D eigenvalue weighted by Gasteiger charge is 2.17. The number of nitrogens with one attached hydrogen (secondary N) is 1. The van der Waals surface area contributed by atoms with Crippen molar-refractivity contribution in [1.82, 2.24) is 9.78 Å². The van der Waals surface area contributed by atoms with Crippen LogP contribution in [0.4, 0.5) is 10.6 Å². The molecular weight excluding hydrogens is 262 g/mol. The number of nitrogens with zero attached hydrogens (tertiary/aromatic N) is 2. The lowest BCUT2D eigenvalue weighted by atomic mass is 10.2. The number of aromatic nitrogens is 2. The van der Waals surface area contributed by atoms with Gasteiger partial charge < -0.3 is 9.84 Å². The number of carboxylic acid groups (broad SMARTS) is 1. The SMILES string of the molecule is Cn1cc(C(=O)O)c(NC(=O)OCc2ccccc2)n1. The number of aromatic carboxylic acids is 1. The molecule has 1 heterocycles. The number of hydrogen-bond acceptors (Lipinski definition) is 4. The van der Waals surface area contributed by atoms with Crippen LogP contribution in [-0.4, -0.2) is 26.9 Å². The second-order valence-corrected chi connectivity index (χ2v) is 4.06. The van der Waals surface area contributed by atoms with Gasteiger partial charge in [-0.05, 0) is 5.56 Å². The van der Waals surface area contributed by atoms with E-state index in [1.807, 2.05) is 30.3 Å².